The molecule has 0 aromatic carbocycles. The summed E-state index contributed by atoms with van der Waals surface area (Å²) < 4.78 is 9.94. The molecule has 3 heterocycles. The third-order valence-corrected chi connectivity index (χ3v) is 5.63. The number of thiophene rings is 1. The van der Waals surface area contributed by atoms with Crippen LogP contribution in [0, 0.1) is 12.8 Å². The summed E-state index contributed by atoms with van der Waals surface area (Å²) in [7, 11) is 0. The van der Waals surface area contributed by atoms with E-state index in [4.69, 9.17) is 4.74 Å². The maximum Gasteiger partial charge on any atom is 0.278 e. The van der Waals surface area contributed by atoms with Crippen LogP contribution in [0.25, 0.3) is 0 Å². The molecule has 1 unspecified atom stereocenters. The standard InChI is InChI=1S/C18H24N4O4S/c1-11(2)18(24)22-9-4-5-13(22)14-6-7-15(27-14)16(23)19-8-10-25-17-12(3)20-26-21-17/h6-7,11,13H,4-5,8-10H2,1-3H3,(H,19,23). The highest BCUT2D eigenvalue weighted by molar-refractivity contribution is 7.14. The number of nitrogens with zero attached hydrogens (tertiary/aromatic N) is 3. The number of nitrogens with one attached hydrogen (secondary N) is 1. The van der Waals surface area contributed by atoms with Crippen molar-refractivity contribution in [2.45, 2.75) is 39.7 Å². The average molecular weight is 392 g/mol. The number of carbonyl (C=O) groups excluding carboxylic acids is 2. The van der Waals surface area contributed by atoms with Crippen LogP contribution in [-0.2, 0) is 4.79 Å². The fourth-order valence-corrected chi connectivity index (χ4v) is 4.14. The third kappa shape index (κ3) is 4.47. The lowest BCUT2D eigenvalue weighted by atomic mass is 10.1. The molecule has 2 aromatic rings. The van der Waals surface area contributed by atoms with Crippen LogP contribution >= 0.6 is 11.3 Å². The van der Waals surface area contributed by atoms with Crippen molar-refractivity contribution in [2.24, 2.45) is 5.92 Å². The molecule has 146 valence electrons. The smallest absolute Gasteiger partial charge is 0.278 e. The summed E-state index contributed by atoms with van der Waals surface area (Å²) in [5.41, 5.74) is 0.571. The van der Waals surface area contributed by atoms with Crippen molar-refractivity contribution in [3.8, 4) is 5.88 Å². The quantitative estimate of drug-likeness (QED) is 0.727. The van der Waals surface area contributed by atoms with Gasteiger partial charge in [0.1, 0.15) is 12.3 Å². The van der Waals surface area contributed by atoms with Gasteiger partial charge in [0.05, 0.1) is 17.5 Å². The van der Waals surface area contributed by atoms with Gasteiger partial charge >= 0.3 is 0 Å². The van der Waals surface area contributed by atoms with Crippen molar-refractivity contribution in [1.29, 1.82) is 0 Å². The van der Waals surface area contributed by atoms with Gasteiger partial charge in [-0.05, 0) is 37.1 Å². The normalized spacial score (nSPS) is 16.7. The second-order valence-corrected chi connectivity index (χ2v) is 7.92. The number of amides is 2. The summed E-state index contributed by atoms with van der Waals surface area (Å²) in [6, 6.07) is 3.85. The van der Waals surface area contributed by atoms with E-state index in [1.54, 1.807) is 6.92 Å². The first-order chi connectivity index (χ1) is 13.0. The van der Waals surface area contributed by atoms with Gasteiger partial charge in [0.25, 0.3) is 11.8 Å². The van der Waals surface area contributed by atoms with Crippen LogP contribution < -0.4 is 10.1 Å². The Bertz CT molecular complexity index is 801. The Morgan fingerprint density at radius 3 is 2.93 bits per heavy atom. The monoisotopic (exact) mass is 392 g/mol. The van der Waals surface area contributed by atoms with E-state index in [-0.39, 0.29) is 30.4 Å². The summed E-state index contributed by atoms with van der Waals surface area (Å²) in [4.78, 5) is 28.4. The number of carbonyl (C=O) groups is 2. The van der Waals surface area contributed by atoms with Gasteiger partial charge in [-0.15, -0.1) is 11.3 Å². The van der Waals surface area contributed by atoms with Crippen LogP contribution in [-0.4, -0.2) is 46.7 Å². The summed E-state index contributed by atoms with van der Waals surface area (Å²) >= 11 is 1.45. The van der Waals surface area contributed by atoms with Gasteiger partial charge in [-0.2, -0.15) is 0 Å². The van der Waals surface area contributed by atoms with Gasteiger partial charge in [-0.25, -0.2) is 4.63 Å². The van der Waals surface area contributed by atoms with Gasteiger partial charge in [0.15, 0.2) is 0 Å². The molecule has 1 N–H and O–H groups in total. The van der Waals surface area contributed by atoms with Crippen molar-refractivity contribution in [3.05, 3.63) is 27.6 Å². The molecule has 0 spiro atoms. The van der Waals surface area contributed by atoms with Crippen LogP contribution in [0.3, 0.4) is 0 Å². The zero-order chi connectivity index (χ0) is 19.4. The molecule has 0 radical (unpaired) electrons. The SMILES string of the molecule is Cc1nonc1OCCNC(=O)c1ccc(C2CCCN2C(=O)C(C)C)s1. The maximum atomic E-state index is 12.4. The average Bonchev–Trinajstić information content (AvgIpc) is 3.38. The number of likely N-dealkylation sites (tertiary alicyclic amines) is 1. The number of aromatic nitrogens is 2. The van der Waals surface area contributed by atoms with Gasteiger partial charge in [-0.1, -0.05) is 19.0 Å². The number of hydrogen-bond acceptors (Lipinski definition) is 7. The second-order valence-electron chi connectivity index (χ2n) is 6.81. The van der Waals surface area contributed by atoms with Crippen molar-refractivity contribution < 1.29 is 19.0 Å². The van der Waals surface area contributed by atoms with Crippen molar-refractivity contribution in [1.82, 2.24) is 20.5 Å². The largest absolute Gasteiger partial charge is 0.472 e. The zero-order valence-electron chi connectivity index (χ0n) is 15.7. The van der Waals surface area contributed by atoms with Crippen LogP contribution in [0.2, 0.25) is 0 Å². The molecule has 3 rings (SSSR count). The minimum absolute atomic E-state index is 0.0168. The third-order valence-electron chi connectivity index (χ3n) is 4.45. The number of aryl methyl sites for hydroxylation is 1. The molecule has 2 aromatic heterocycles. The molecule has 1 aliphatic rings. The highest BCUT2D eigenvalue weighted by Gasteiger charge is 2.32. The number of ether oxygens (including phenoxy) is 1. The van der Waals surface area contributed by atoms with Gasteiger partial charge in [0.2, 0.25) is 5.91 Å². The van der Waals surface area contributed by atoms with Crippen LogP contribution in [0.5, 0.6) is 5.88 Å². The lowest BCUT2D eigenvalue weighted by Gasteiger charge is -2.25. The highest BCUT2D eigenvalue weighted by Crippen LogP contribution is 2.36. The molecular weight excluding hydrogens is 368 g/mol. The van der Waals surface area contributed by atoms with E-state index in [0.29, 0.717) is 23.0 Å². The molecule has 9 heteroatoms. The van der Waals surface area contributed by atoms with E-state index in [9.17, 15) is 9.59 Å². The van der Waals surface area contributed by atoms with Gasteiger partial charge in [-0.3, -0.25) is 9.59 Å². The lowest BCUT2D eigenvalue weighted by Crippen LogP contribution is -2.33. The predicted octanol–water partition coefficient (Wildman–Crippen LogP) is 2.57. The Morgan fingerprint density at radius 2 is 2.22 bits per heavy atom. The van der Waals surface area contributed by atoms with E-state index in [1.165, 1.54) is 11.3 Å². The molecule has 0 bridgehead atoms. The fraction of sp³-hybridized carbons (Fsp3) is 0.556. The summed E-state index contributed by atoms with van der Waals surface area (Å²) in [5, 5.41) is 10.1. The summed E-state index contributed by atoms with van der Waals surface area (Å²) in [5.74, 6) is 0.340. The Kier molecular flexibility index (Phi) is 6.10. The Labute approximate surface area is 161 Å². The molecule has 1 aliphatic heterocycles. The van der Waals surface area contributed by atoms with Crippen molar-refractivity contribution in [3.63, 3.8) is 0 Å². The molecule has 8 nitrogen and oxygen atoms in total. The summed E-state index contributed by atoms with van der Waals surface area (Å²) in [6.45, 7) is 6.98. The van der Waals surface area contributed by atoms with Gasteiger partial charge < -0.3 is 15.0 Å². The minimum atomic E-state index is -0.149. The molecular formula is C18H24N4O4S. The molecule has 1 atom stereocenters. The predicted molar refractivity (Wildman–Crippen MR) is 99.7 cm³/mol. The topological polar surface area (TPSA) is 97.6 Å². The van der Waals surface area contributed by atoms with E-state index < -0.39 is 0 Å². The molecule has 27 heavy (non-hydrogen) atoms. The molecule has 1 saturated heterocycles. The molecule has 0 saturated carbocycles. The minimum Gasteiger partial charge on any atom is -0.472 e. The molecule has 1 fully saturated rings. The molecule has 0 aliphatic carbocycles. The lowest BCUT2D eigenvalue weighted by molar-refractivity contribution is -0.135. The van der Waals surface area contributed by atoms with Crippen molar-refractivity contribution >= 4 is 23.2 Å². The van der Waals surface area contributed by atoms with E-state index >= 15 is 0 Å². The number of rotatable bonds is 7. The Morgan fingerprint density at radius 1 is 1.41 bits per heavy atom. The molecule has 2 amide bonds. The van der Waals surface area contributed by atoms with Crippen molar-refractivity contribution in [2.75, 3.05) is 19.7 Å². The van der Waals surface area contributed by atoms with Gasteiger partial charge in [0, 0.05) is 17.3 Å². The second kappa shape index (κ2) is 8.51. The first-order valence-electron chi connectivity index (χ1n) is 9.07. The highest BCUT2D eigenvalue weighted by atomic mass is 32.1. The van der Waals surface area contributed by atoms with Crippen LogP contribution in [0.4, 0.5) is 0 Å². The summed E-state index contributed by atoms with van der Waals surface area (Å²) in [6.07, 6.45) is 1.94. The van der Waals surface area contributed by atoms with Crippen LogP contribution in [0.1, 0.15) is 53.0 Å². The van der Waals surface area contributed by atoms with E-state index in [0.717, 1.165) is 24.3 Å². The fourth-order valence-electron chi connectivity index (χ4n) is 3.07. The Hall–Kier alpha value is -2.42. The number of hydrogen-bond donors (Lipinski definition) is 1. The van der Waals surface area contributed by atoms with Crippen LogP contribution in [0.15, 0.2) is 16.8 Å². The maximum absolute atomic E-state index is 12.4. The zero-order valence-corrected chi connectivity index (χ0v) is 16.5. The first-order valence-corrected chi connectivity index (χ1v) is 9.89. The Balaban J connectivity index is 1.53. The van der Waals surface area contributed by atoms with E-state index in [2.05, 4.69) is 20.3 Å². The van der Waals surface area contributed by atoms with E-state index in [1.807, 2.05) is 30.9 Å². The first kappa shape index (κ1) is 19.3.